The molecule has 1 heterocycles. The molecule has 0 atom stereocenters. The van der Waals surface area contributed by atoms with Crippen molar-refractivity contribution in [1.29, 1.82) is 5.26 Å². The van der Waals surface area contributed by atoms with Gasteiger partial charge in [-0.1, -0.05) is 0 Å². The quantitative estimate of drug-likeness (QED) is 0.777. The molecular formula is C10H7F3N2O3. The van der Waals surface area contributed by atoms with E-state index in [2.05, 4.69) is 14.5 Å². The molecule has 0 unspecified atom stereocenters. The van der Waals surface area contributed by atoms with Crippen LogP contribution in [0.15, 0.2) is 12.3 Å². The highest BCUT2D eigenvalue weighted by Crippen LogP contribution is 2.23. The Labute approximate surface area is 99.8 Å². The summed E-state index contributed by atoms with van der Waals surface area (Å²) < 4.78 is 44.0. The second-order valence-corrected chi connectivity index (χ2v) is 2.95. The second kappa shape index (κ2) is 5.35. The number of halogens is 3. The Bertz CT molecular complexity index is 494. The molecule has 8 heteroatoms. The van der Waals surface area contributed by atoms with Gasteiger partial charge in [-0.2, -0.15) is 5.26 Å². The molecule has 0 N–H and O–H groups in total. The molecule has 0 saturated heterocycles. The molecule has 0 aliphatic rings. The van der Waals surface area contributed by atoms with Gasteiger partial charge in [-0.3, -0.25) is 0 Å². The number of hydrogen-bond acceptors (Lipinski definition) is 5. The van der Waals surface area contributed by atoms with Crippen molar-refractivity contribution in [2.75, 3.05) is 6.61 Å². The maximum Gasteiger partial charge on any atom is 0.573 e. The molecule has 0 bridgehead atoms. The first-order valence-electron chi connectivity index (χ1n) is 4.70. The van der Waals surface area contributed by atoms with Crippen molar-refractivity contribution in [2.24, 2.45) is 0 Å². The topological polar surface area (TPSA) is 72.2 Å². The highest BCUT2D eigenvalue weighted by Gasteiger charge is 2.31. The van der Waals surface area contributed by atoms with E-state index in [1.807, 2.05) is 0 Å². The number of alkyl halides is 3. The van der Waals surface area contributed by atoms with Gasteiger partial charge in [0.1, 0.15) is 11.8 Å². The molecule has 1 aromatic rings. The summed E-state index contributed by atoms with van der Waals surface area (Å²) in [5, 5.41) is 8.72. The summed E-state index contributed by atoms with van der Waals surface area (Å²) in [7, 11) is 0. The molecular weight excluding hydrogens is 253 g/mol. The van der Waals surface area contributed by atoms with Gasteiger partial charge in [0.15, 0.2) is 5.69 Å². The Balaban J connectivity index is 3.05. The summed E-state index contributed by atoms with van der Waals surface area (Å²) >= 11 is 0. The van der Waals surface area contributed by atoms with Gasteiger partial charge in [-0.15, -0.1) is 13.2 Å². The standard InChI is InChI=1S/C10H7F3N2O3/c1-2-17-9(16)8-6(4-14)3-7(5-15-8)18-10(11,12)13/h3,5H,2H2,1H3. The van der Waals surface area contributed by atoms with Crippen molar-refractivity contribution in [3.63, 3.8) is 0 Å². The maximum atomic E-state index is 11.9. The van der Waals surface area contributed by atoms with Crippen molar-refractivity contribution in [2.45, 2.75) is 13.3 Å². The van der Waals surface area contributed by atoms with E-state index >= 15 is 0 Å². The Morgan fingerprint density at radius 1 is 1.56 bits per heavy atom. The maximum absolute atomic E-state index is 11.9. The molecule has 5 nitrogen and oxygen atoms in total. The molecule has 0 saturated carbocycles. The van der Waals surface area contributed by atoms with Gasteiger partial charge >= 0.3 is 12.3 Å². The summed E-state index contributed by atoms with van der Waals surface area (Å²) in [6.07, 6.45) is -4.19. The van der Waals surface area contributed by atoms with Crippen LogP contribution in [0.25, 0.3) is 0 Å². The lowest BCUT2D eigenvalue weighted by molar-refractivity contribution is -0.274. The zero-order chi connectivity index (χ0) is 13.8. The average molecular weight is 260 g/mol. The lowest BCUT2D eigenvalue weighted by Crippen LogP contribution is -2.18. The predicted octanol–water partition coefficient (Wildman–Crippen LogP) is 2.03. The van der Waals surface area contributed by atoms with Crippen LogP contribution in [0.4, 0.5) is 13.2 Å². The van der Waals surface area contributed by atoms with Crippen molar-refractivity contribution in [1.82, 2.24) is 4.98 Å². The molecule has 1 aromatic heterocycles. The van der Waals surface area contributed by atoms with Crippen LogP contribution in [-0.2, 0) is 4.74 Å². The lowest BCUT2D eigenvalue weighted by Gasteiger charge is -2.09. The fourth-order valence-electron chi connectivity index (χ4n) is 1.08. The molecule has 0 aromatic carbocycles. The number of aromatic nitrogens is 1. The van der Waals surface area contributed by atoms with Crippen LogP contribution >= 0.6 is 0 Å². The number of nitriles is 1. The molecule has 0 fully saturated rings. The number of carbonyl (C=O) groups is 1. The second-order valence-electron chi connectivity index (χ2n) is 2.95. The van der Waals surface area contributed by atoms with Crippen LogP contribution < -0.4 is 4.74 Å². The largest absolute Gasteiger partial charge is 0.573 e. The molecule has 0 amide bonds. The Morgan fingerprint density at radius 3 is 2.72 bits per heavy atom. The summed E-state index contributed by atoms with van der Waals surface area (Å²) in [6.45, 7) is 1.61. The van der Waals surface area contributed by atoms with E-state index in [1.54, 1.807) is 13.0 Å². The minimum Gasteiger partial charge on any atom is -0.461 e. The van der Waals surface area contributed by atoms with Crippen molar-refractivity contribution in [3.05, 3.63) is 23.5 Å². The van der Waals surface area contributed by atoms with Gasteiger partial charge in [0.25, 0.3) is 0 Å². The third kappa shape index (κ3) is 3.62. The summed E-state index contributed by atoms with van der Waals surface area (Å²) in [5.41, 5.74) is -0.705. The number of nitrogens with zero attached hydrogens (tertiary/aromatic N) is 2. The van der Waals surface area contributed by atoms with Gasteiger partial charge in [0.2, 0.25) is 0 Å². The first-order valence-corrected chi connectivity index (χ1v) is 4.70. The third-order valence-corrected chi connectivity index (χ3v) is 1.69. The SMILES string of the molecule is CCOC(=O)c1ncc(OC(F)(F)F)cc1C#N. The molecule has 0 aliphatic heterocycles. The average Bonchev–Trinajstić information content (AvgIpc) is 2.27. The number of ether oxygens (including phenoxy) is 2. The van der Waals surface area contributed by atoms with Gasteiger partial charge in [0.05, 0.1) is 18.4 Å². The zero-order valence-corrected chi connectivity index (χ0v) is 9.11. The fourth-order valence-corrected chi connectivity index (χ4v) is 1.08. The van der Waals surface area contributed by atoms with E-state index in [4.69, 9.17) is 5.26 Å². The summed E-state index contributed by atoms with van der Waals surface area (Å²) in [4.78, 5) is 14.8. The molecule has 0 radical (unpaired) electrons. The van der Waals surface area contributed by atoms with Gasteiger partial charge < -0.3 is 9.47 Å². The van der Waals surface area contributed by atoms with E-state index in [9.17, 15) is 18.0 Å². The molecule has 1 rings (SSSR count). The highest BCUT2D eigenvalue weighted by molar-refractivity contribution is 5.90. The predicted molar refractivity (Wildman–Crippen MR) is 51.6 cm³/mol. The number of hydrogen-bond donors (Lipinski definition) is 0. The monoisotopic (exact) mass is 260 g/mol. The van der Waals surface area contributed by atoms with Crippen LogP contribution in [0.5, 0.6) is 5.75 Å². The number of esters is 1. The van der Waals surface area contributed by atoms with Crippen molar-refractivity contribution < 1.29 is 27.4 Å². The van der Waals surface area contributed by atoms with Crippen LogP contribution in [0.2, 0.25) is 0 Å². The molecule has 0 aliphatic carbocycles. The first-order chi connectivity index (χ1) is 8.37. The number of pyridine rings is 1. The number of rotatable bonds is 3. The Kier molecular flexibility index (Phi) is 4.09. The van der Waals surface area contributed by atoms with E-state index in [0.29, 0.717) is 6.20 Å². The first kappa shape index (κ1) is 13.8. The van der Waals surface area contributed by atoms with Gasteiger partial charge in [-0.25, -0.2) is 9.78 Å². The number of carbonyl (C=O) groups excluding carboxylic acids is 1. The van der Waals surface area contributed by atoms with E-state index in [0.717, 1.165) is 6.07 Å². The molecule has 0 spiro atoms. The van der Waals surface area contributed by atoms with Crippen molar-refractivity contribution >= 4 is 5.97 Å². The van der Waals surface area contributed by atoms with Crippen molar-refractivity contribution in [3.8, 4) is 11.8 Å². The van der Waals surface area contributed by atoms with Gasteiger partial charge in [0, 0.05) is 6.07 Å². The zero-order valence-electron chi connectivity index (χ0n) is 9.11. The lowest BCUT2D eigenvalue weighted by atomic mass is 10.2. The van der Waals surface area contributed by atoms with Gasteiger partial charge in [-0.05, 0) is 6.92 Å². The summed E-state index contributed by atoms with van der Waals surface area (Å²) in [5.74, 6) is -1.56. The van der Waals surface area contributed by atoms with Crippen LogP contribution in [0, 0.1) is 11.3 Å². The fraction of sp³-hybridized carbons (Fsp3) is 0.300. The van der Waals surface area contributed by atoms with Crippen LogP contribution in [0.1, 0.15) is 23.0 Å². The highest BCUT2D eigenvalue weighted by atomic mass is 19.4. The van der Waals surface area contributed by atoms with Crippen LogP contribution in [-0.4, -0.2) is 23.9 Å². The summed E-state index contributed by atoms with van der Waals surface area (Å²) in [6, 6.07) is 2.32. The molecule has 96 valence electrons. The third-order valence-electron chi connectivity index (χ3n) is 1.69. The van der Waals surface area contributed by atoms with E-state index in [-0.39, 0.29) is 17.9 Å². The minimum atomic E-state index is -4.89. The van der Waals surface area contributed by atoms with E-state index in [1.165, 1.54) is 0 Å². The molecule has 18 heavy (non-hydrogen) atoms. The Hall–Kier alpha value is -2.30. The Morgan fingerprint density at radius 2 is 2.22 bits per heavy atom. The normalized spacial score (nSPS) is 10.6. The minimum absolute atomic E-state index is 0.0617. The smallest absolute Gasteiger partial charge is 0.461 e. The van der Waals surface area contributed by atoms with E-state index < -0.39 is 18.1 Å². The van der Waals surface area contributed by atoms with Crippen LogP contribution in [0.3, 0.4) is 0 Å².